The van der Waals surface area contributed by atoms with Crippen LogP contribution in [0.1, 0.15) is 89.5 Å². The summed E-state index contributed by atoms with van der Waals surface area (Å²) in [5.41, 5.74) is 5.25. The molecule has 0 bridgehead atoms. The van der Waals surface area contributed by atoms with Crippen molar-refractivity contribution in [2.24, 2.45) is 0 Å². The van der Waals surface area contributed by atoms with E-state index in [0.29, 0.717) is 33.2 Å². The summed E-state index contributed by atoms with van der Waals surface area (Å²) in [6, 6.07) is 0. The number of hydrogen-bond donors (Lipinski definition) is 0. The van der Waals surface area contributed by atoms with Crippen LogP contribution in [0.25, 0.3) is 9.75 Å². The summed E-state index contributed by atoms with van der Waals surface area (Å²) in [4.78, 5) is 12.9. The third kappa shape index (κ3) is 5.05. The molecule has 6 heteroatoms. The minimum atomic E-state index is -1.85. The van der Waals surface area contributed by atoms with Crippen molar-refractivity contribution in [3.05, 3.63) is 24.5 Å². The van der Waals surface area contributed by atoms with Crippen molar-refractivity contribution in [2.45, 2.75) is 123 Å². The van der Waals surface area contributed by atoms with Gasteiger partial charge in [-0.25, -0.2) is 0 Å². The Kier molecular flexibility index (Phi) is 9.56. The van der Waals surface area contributed by atoms with Crippen molar-refractivity contribution in [2.75, 3.05) is 0 Å². The zero-order valence-electron chi connectivity index (χ0n) is 23.2. The zero-order chi connectivity index (χ0) is 25.3. The first kappa shape index (κ1) is 28.7. The first-order chi connectivity index (χ1) is 15.2. The van der Waals surface area contributed by atoms with Gasteiger partial charge in [0, 0.05) is 12.4 Å². The van der Waals surface area contributed by atoms with Gasteiger partial charge in [-0.2, -0.15) is 0 Å². The van der Waals surface area contributed by atoms with Gasteiger partial charge in [-0.15, -0.1) is 29.3 Å². The van der Waals surface area contributed by atoms with Crippen LogP contribution >= 0.6 is 22.7 Å². The van der Waals surface area contributed by atoms with E-state index in [9.17, 15) is 0 Å². The van der Waals surface area contributed by atoms with Crippen LogP contribution in [0.15, 0.2) is 24.5 Å². The van der Waals surface area contributed by atoms with E-state index in [4.69, 9.17) is 9.97 Å². The van der Waals surface area contributed by atoms with Crippen molar-refractivity contribution in [3.8, 4) is 9.75 Å². The Labute approximate surface area is 214 Å². The molecule has 0 fully saturated rings. The van der Waals surface area contributed by atoms with E-state index < -0.39 is 16.1 Å². The smallest absolute Gasteiger partial charge is 0.131 e. The summed E-state index contributed by atoms with van der Waals surface area (Å²) in [6.45, 7) is 33.1. The molecule has 0 amide bonds. The Morgan fingerprint density at radius 1 is 0.697 bits per heavy atom. The second-order valence-corrected chi connectivity index (χ2v) is 26.0. The third-order valence-electron chi connectivity index (χ3n) is 8.24. The van der Waals surface area contributed by atoms with Crippen LogP contribution in [0.5, 0.6) is 0 Å². The molecule has 1 atom stereocenters. The fraction of sp³-hybridized carbons (Fsp3) is 0.704. The average Bonchev–Trinajstić information content (AvgIpc) is 3.30. The van der Waals surface area contributed by atoms with Crippen molar-refractivity contribution in [1.82, 2.24) is 9.97 Å². The molecule has 0 radical (unpaired) electrons. The lowest BCUT2D eigenvalue weighted by atomic mass is 10.2. The highest BCUT2D eigenvalue weighted by molar-refractivity contribution is 7.34. The lowest BCUT2D eigenvalue weighted by molar-refractivity contribution is 0.779. The molecule has 2 heterocycles. The van der Waals surface area contributed by atoms with Gasteiger partial charge in [-0.1, -0.05) is 81.7 Å². The number of hydrogen-bond acceptors (Lipinski definition) is 4. The quantitative estimate of drug-likeness (QED) is 0.218. The molecule has 0 aliphatic rings. The molecule has 0 N–H and O–H groups in total. The summed E-state index contributed by atoms with van der Waals surface area (Å²) in [5, 5.41) is 0. The molecule has 0 saturated heterocycles. The minimum absolute atomic E-state index is 0.633. The Bertz CT molecular complexity index is 894. The summed E-state index contributed by atoms with van der Waals surface area (Å²) in [7, 11) is -3.58. The van der Waals surface area contributed by atoms with E-state index in [1.165, 1.54) is 24.6 Å². The molecule has 2 nitrogen and oxygen atoms in total. The third-order valence-corrected chi connectivity index (χ3v) is 25.9. The van der Waals surface area contributed by atoms with Gasteiger partial charge in [0.05, 0.1) is 19.0 Å². The lowest BCUT2D eigenvalue weighted by Crippen LogP contribution is -2.56. The van der Waals surface area contributed by atoms with Gasteiger partial charge in [0.2, 0.25) is 0 Å². The summed E-state index contributed by atoms with van der Waals surface area (Å²) in [5.74, 6) is 0. The molecule has 186 valence electrons. The molecule has 0 aliphatic carbocycles. The van der Waals surface area contributed by atoms with Crippen molar-refractivity contribution < 1.29 is 0 Å². The van der Waals surface area contributed by atoms with Crippen molar-refractivity contribution >= 4 is 48.1 Å². The highest BCUT2D eigenvalue weighted by Gasteiger charge is 2.49. The number of nitrogens with zero attached hydrogens (tertiary/aromatic N) is 2. The lowest BCUT2D eigenvalue weighted by Gasteiger charge is -2.42. The molecule has 33 heavy (non-hydrogen) atoms. The molecule has 0 spiro atoms. The summed E-state index contributed by atoms with van der Waals surface area (Å²) >= 11 is 3.92. The molecular weight excluding hydrogens is 473 g/mol. The second kappa shape index (κ2) is 11.0. The molecule has 0 saturated carbocycles. The van der Waals surface area contributed by atoms with Crippen LogP contribution in [0.3, 0.4) is 0 Å². The summed E-state index contributed by atoms with van der Waals surface area (Å²) < 4.78 is 2.85. The van der Waals surface area contributed by atoms with Crippen LogP contribution in [0, 0.1) is 0 Å². The Morgan fingerprint density at radius 2 is 1.03 bits per heavy atom. The predicted molar refractivity (Wildman–Crippen MR) is 158 cm³/mol. The first-order valence-corrected chi connectivity index (χ1v) is 18.9. The van der Waals surface area contributed by atoms with Crippen molar-refractivity contribution in [1.29, 1.82) is 0 Å². The first-order valence-electron chi connectivity index (χ1n) is 12.8. The van der Waals surface area contributed by atoms with Crippen LogP contribution in [-0.4, -0.2) is 26.1 Å². The van der Waals surface area contributed by atoms with Crippen LogP contribution in [0.4, 0.5) is 0 Å². The second-order valence-electron chi connectivity index (χ2n) is 11.8. The number of rotatable bonds is 11. The Balaban J connectivity index is 2.58. The van der Waals surface area contributed by atoms with Gasteiger partial charge >= 0.3 is 0 Å². The maximum absolute atomic E-state index is 5.15. The number of aromatic nitrogens is 2. The molecule has 2 aromatic rings. The SMILES string of the molecule is C=C(C)CC(C)[Si](c1ncc(-c2cnc([Si](C(C)C)(C(C)C)C(C)C)s2)s1)(C(C)C)C(C)C. The van der Waals surface area contributed by atoms with E-state index in [0.717, 1.165) is 6.42 Å². The van der Waals surface area contributed by atoms with Gasteiger partial charge in [0.1, 0.15) is 16.1 Å². The van der Waals surface area contributed by atoms with Gasteiger partial charge in [-0.05, 0) is 46.6 Å². The van der Waals surface area contributed by atoms with Crippen LogP contribution in [-0.2, 0) is 0 Å². The molecule has 2 aromatic heterocycles. The fourth-order valence-corrected chi connectivity index (χ4v) is 26.5. The van der Waals surface area contributed by atoms with Crippen LogP contribution < -0.4 is 9.26 Å². The van der Waals surface area contributed by atoms with E-state index in [1.807, 2.05) is 22.7 Å². The van der Waals surface area contributed by atoms with Crippen molar-refractivity contribution in [3.63, 3.8) is 0 Å². The maximum Gasteiger partial charge on any atom is 0.131 e. The maximum atomic E-state index is 5.15. The van der Waals surface area contributed by atoms with Gasteiger partial charge in [0.25, 0.3) is 0 Å². The van der Waals surface area contributed by atoms with E-state index in [2.05, 4.69) is 102 Å². The van der Waals surface area contributed by atoms with Crippen LogP contribution in [0.2, 0.25) is 33.2 Å². The van der Waals surface area contributed by atoms with Gasteiger partial charge < -0.3 is 0 Å². The van der Waals surface area contributed by atoms with Gasteiger partial charge in [-0.3, -0.25) is 9.97 Å². The molecule has 1 unspecified atom stereocenters. The average molecular weight is 521 g/mol. The molecule has 2 rings (SSSR count). The molecular formula is C27H48N2S2Si2. The Hall–Kier alpha value is -0.566. The fourth-order valence-electron chi connectivity index (χ4n) is 7.12. The van der Waals surface area contributed by atoms with Gasteiger partial charge in [0.15, 0.2) is 0 Å². The molecule has 0 aromatic carbocycles. The highest BCUT2D eigenvalue weighted by atomic mass is 32.1. The largest absolute Gasteiger partial charge is 0.254 e. The molecule has 0 aliphatic heterocycles. The Morgan fingerprint density at radius 3 is 1.33 bits per heavy atom. The highest BCUT2D eigenvalue weighted by Crippen LogP contribution is 2.46. The number of allylic oxidation sites excluding steroid dienone is 1. The van der Waals surface area contributed by atoms with E-state index in [1.54, 1.807) is 0 Å². The van der Waals surface area contributed by atoms with E-state index >= 15 is 0 Å². The zero-order valence-corrected chi connectivity index (χ0v) is 26.9. The topological polar surface area (TPSA) is 25.8 Å². The normalized spacial score (nSPS) is 14.3. The standard InChI is InChI=1S/C27H48N2S2Si2/c1-17(2)14-23(13)33(21(9)10,22(11)12)27-29-16-25(31-27)24-15-28-26(30-24)32(18(3)4,19(5)6)20(7)8/h15-16,18-23H,1,14H2,2-13H3. The summed E-state index contributed by atoms with van der Waals surface area (Å²) in [6.07, 6.45) is 5.41. The number of thiazole rings is 2. The monoisotopic (exact) mass is 520 g/mol. The minimum Gasteiger partial charge on any atom is -0.254 e. The van der Waals surface area contributed by atoms with E-state index in [-0.39, 0.29) is 0 Å². The predicted octanol–water partition coefficient (Wildman–Crippen LogP) is 8.98.